The number of anilines is 2. The third kappa shape index (κ3) is 4.97. The van der Waals surface area contributed by atoms with Gasteiger partial charge in [-0.15, -0.1) is 0 Å². The molecule has 0 radical (unpaired) electrons. The van der Waals surface area contributed by atoms with E-state index in [1.165, 1.54) is 18.3 Å². The van der Waals surface area contributed by atoms with Gasteiger partial charge in [0.15, 0.2) is 0 Å². The fourth-order valence-electron chi connectivity index (χ4n) is 3.04. The number of rotatable bonds is 5. The summed E-state index contributed by atoms with van der Waals surface area (Å²) in [7, 11) is 0. The van der Waals surface area contributed by atoms with Gasteiger partial charge in [0.1, 0.15) is 11.6 Å². The summed E-state index contributed by atoms with van der Waals surface area (Å²) in [5.41, 5.74) is 0.509. The van der Waals surface area contributed by atoms with Crippen molar-refractivity contribution in [1.82, 2.24) is 9.88 Å². The highest BCUT2D eigenvalue weighted by Gasteiger charge is 2.23. The van der Waals surface area contributed by atoms with E-state index in [4.69, 9.17) is 4.74 Å². The number of benzene rings is 1. The van der Waals surface area contributed by atoms with E-state index in [1.54, 1.807) is 36.1 Å². The van der Waals surface area contributed by atoms with Crippen molar-refractivity contribution in [1.29, 1.82) is 0 Å². The molecule has 0 unspecified atom stereocenters. The van der Waals surface area contributed by atoms with Crippen LogP contribution < -0.4 is 10.6 Å². The predicted octanol–water partition coefficient (Wildman–Crippen LogP) is 3.51. The van der Waals surface area contributed by atoms with E-state index in [9.17, 15) is 14.0 Å². The zero-order valence-corrected chi connectivity index (χ0v) is 15.7. The average Bonchev–Trinajstić information content (AvgIpc) is 2.70. The van der Waals surface area contributed by atoms with Gasteiger partial charge in [-0.2, -0.15) is 0 Å². The van der Waals surface area contributed by atoms with Crippen LogP contribution in [0.4, 0.5) is 20.7 Å². The molecule has 1 aliphatic heterocycles. The SMILES string of the molecule is CCOC(=O)N1CCC(Nc2cc(C(=O)Nc3ccccc3F)ccn2)CC1. The Morgan fingerprint density at radius 3 is 2.71 bits per heavy atom. The number of nitrogens with zero attached hydrogens (tertiary/aromatic N) is 2. The molecule has 2 aromatic rings. The third-order valence-corrected chi connectivity index (χ3v) is 4.52. The Balaban J connectivity index is 1.57. The van der Waals surface area contributed by atoms with E-state index >= 15 is 0 Å². The first kappa shape index (κ1) is 19.6. The molecule has 2 N–H and O–H groups in total. The van der Waals surface area contributed by atoms with Gasteiger partial charge in [-0.3, -0.25) is 4.79 Å². The van der Waals surface area contributed by atoms with Crippen LogP contribution in [-0.4, -0.2) is 47.6 Å². The van der Waals surface area contributed by atoms with Gasteiger partial charge in [0, 0.05) is 30.9 Å². The fourth-order valence-corrected chi connectivity index (χ4v) is 3.04. The van der Waals surface area contributed by atoms with Gasteiger partial charge in [-0.1, -0.05) is 12.1 Å². The lowest BCUT2D eigenvalue weighted by Crippen LogP contribution is -2.42. The van der Waals surface area contributed by atoms with E-state index < -0.39 is 11.7 Å². The molecule has 1 aromatic heterocycles. The molecule has 1 aromatic carbocycles. The fraction of sp³-hybridized carbons (Fsp3) is 0.350. The van der Waals surface area contributed by atoms with Crippen LogP contribution in [0.5, 0.6) is 0 Å². The maximum Gasteiger partial charge on any atom is 0.409 e. The molecule has 1 fully saturated rings. The zero-order valence-electron chi connectivity index (χ0n) is 15.7. The molecule has 2 amide bonds. The largest absolute Gasteiger partial charge is 0.450 e. The van der Waals surface area contributed by atoms with Gasteiger partial charge >= 0.3 is 6.09 Å². The second kappa shape index (κ2) is 9.16. The standard InChI is InChI=1S/C20H23FN4O3/c1-2-28-20(27)25-11-8-15(9-12-25)23-18-13-14(7-10-22-18)19(26)24-17-6-4-3-5-16(17)21/h3-7,10,13,15H,2,8-9,11-12H2,1H3,(H,22,23)(H,24,26). The summed E-state index contributed by atoms with van der Waals surface area (Å²) in [6.07, 6.45) is 2.76. The normalized spacial score (nSPS) is 14.4. The van der Waals surface area contributed by atoms with Gasteiger partial charge in [0.25, 0.3) is 5.91 Å². The molecular formula is C20H23FN4O3. The van der Waals surface area contributed by atoms with Gasteiger partial charge < -0.3 is 20.3 Å². The molecule has 0 atom stereocenters. The maximum atomic E-state index is 13.7. The number of carbonyl (C=O) groups excluding carboxylic acids is 2. The van der Waals surface area contributed by atoms with E-state index in [0.717, 1.165) is 12.8 Å². The van der Waals surface area contributed by atoms with Crippen LogP contribution in [0.25, 0.3) is 0 Å². The molecule has 1 saturated heterocycles. The number of ether oxygens (including phenoxy) is 1. The number of pyridine rings is 1. The Hall–Kier alpha value is -3.16. The molecule has 3 rings (SSSR count). The van der Waals surface area contributed by atoms with Crippen LogP contribution >= 0.6 is 0 Å². The summed E-state index contributed by atoms with van der Waals surface area (Å²) in [6, 6.07) is 9.36. The van der Waals surface area contributed by atoms with Crippen LogP contribution in [0.15, 0.2) is 42.6 Å². The van der Waals surface area contributed by atoms with Gasteiger partial charge in [-0.05, 0) is 44.0 Å². The maximum absolute atomic E-state index is 13.7. The molecule has 7 nitrogen and oxygen atoms in total. The van der Waals surface area contributed by atoms with Crippen LogP contribution in [0.3, 0.4) is 0 Å². The number of nitrogens with one attached hydrogen (secondary N) is 2. The smallest absolute Gasteiger partial charge is 0.409 e. The number of para-hydroxylation sites is 1. The van der Waals surface area contributed by atoms with Crippen LogP contribution in [0.2, 0.25) is 0 Å². The third-order valence-electron chi connectivity index (χ3n) is 4.52. The lowest BCUT2D eigenvalue weighted by atomic mass is 10.1. The lowest BCUT2D eigenvalue weighted by molar-refractivity contribution is 0.0981. The Labute approximate surface area is 162 Å². The highest BCUT2D eigenvalue weighted by atomic mass is 19.1. The van der Waals surface area contributed by atoms with Crippen molar-refractivity contribution in [2.75, 3.05) is 30.3 Å². The number of piperidine rings is 1. The second-order valence-electron chi connectivity index (χ2n) is 6.47. The first-order valence-corrected chi connectivity index (χ1v) is 9.27. The van der Waals surface area contributed by atoms with Crippen molar-refractivity contribution in [3.8, 4) is 0 Å². The van der Waals surface area contributed by atoms with Crippen molar-refractivity contribution in [3.05, 3.63) is 54.0 Å². The van der Waals surface area contributed by atoms with Crippen molar-refractivity contribution < 1.29 is 18.7 Å². The lowest BCUT2D eigenvalue weighted by Gasteiger charge is -2.31. The number of hydrogen-bond donors (Lipinski definition) is 2. The first-order chi connectivity index (χ1) is 13.6. The van der Waals surface area contributed by atoms with Crippen molar-refractivity contribution >= 4 is 23.5 Å². The van der Waals surface area contributed by atoms with Gasteiger partial charge in [-0.25, -0.2) is 14.2 Å². The minimum Gasteiger partial charge on any atom is -0.450 e. The number of amides is 2. The molecule has 0 saturated carbocycles. The summed E-state index contributed by atoms with van der Waals surface area (Å²) in [6.45, 7) is 3.35. The zero-order chi connectivity index (χ0) is 19.9. The van der Waals surface area contributed by atoms with Gasteiger partial charge in [0.2, 0.25) is 0 Å². The summed E-state index contributed by atoms with van der Waals surface area (Å²) in [5.74, 6) is -0.333. The van der Waals surface area contributed by atoms with Gasteiger partial charge in [0.05, 0.1) is 12.3 Å². The first-order valence-electron chi connectivity index (χ1n) is 9.27. The Bertz CT molecular complexity index is 838. The highest BCUT2D eigenvalue weighted by Crippen LogP contribution is 2.18. The van der Waals surface area contributed by atoms with Crippen molar-refractivity contribution in [3.63, 3.8) is 0 Å². The molecular weight excluding hydrogens is 363 g/mol. The minimum absolute atomic E-state index is 0.130. The monoisotopic (exact) mass is 386 g/mol. The average molecular weight is 386 g/mol. The number of carbonyl (C=O) groups is 2. The predicted molar refractivity (Wildman–Crippen MR) is 104 cm³/mol. The van der Waals surface area contributed by atoms with Crippen molar-refractivity contribution in [2.24, 2.45) is 0 Å². The Kier molecular flexibility index (Phi) is 6.41. The van der Waals surface area contributed by atoms with Crippen LogP contribution in [0.1, 0.15) is 30.1 Å². The number of likely N-dealkylation sites (tertiary alicyclic amines) is 1. The summed E-state index contributed by atoms with van der Waals surface area (Å²) in [5, 5.41) is 5.86. The van der Waals surface area contributed by atoms with E-state index in [1.807, 2.05) is 0 Å². The summed E-state index contributed by atoms with van der Waals surface area (Å²) < 4.78 is 18.7. The molecule has 0 spiro atoms. The molecule has 0 aliphatic carbocycles. The molecule has 28 heavy (non-hydrogen) atoms. The minimum atomic E-state index is -0.489. The number of hydrogen-bond acceptors (Lipinski definition) is 5. The van der Waals surface area contributed by atoms with Crippen LogP contribution in [0, 0.1) is 5.82 Å². The van der Waals surface area contributed by atoms with E-state index in [-0.39, 0.29) is 17.8 Å². The highest BCUT2D eigenvalue weighted by molar-refractivity contribution is 6.04. The summed E-state index contributed by atoms with van der Waals surface area (Å²) in [4.78, 5) is 30.1. The molecule has 148 valence electrons. The molecule has 1 aliphatic rings. The van der Waals surface area contributed by atoms with Crippen LogP contribution in [-0.2, 0) is 4.74 Å². The Morgan fingerprint density at radius 1 is 1.25 bits per heavy atom. The Morgan fingerprint density at radius 2 is 2.00 bits per heavy atom. The van der Waals surface area contributed by atoms with E-state index in [2.05, 4.69) is 15.6 Å². The topological polar surface area (TPSA) is 83.6 Å². The van der Waals surface area contributed by atoms with Crippen molar-refractivity contribution in [2.45, 2.75) is 25.8 Å². The molecule has 0 bridgehead atoms. The second-order valence-corrected chi connectivity index (χ2v) is 6.47. The molecule has 2 heterocycles. The number of halogens is 1. The quantitative estimate of drug-likeness (QED) is 0.822. The number of aromatic nitrogens is 1. The molecule has 8 heteroatoms. The van der Waals surface area contributed by atoms with E-state index in [0.29, 0.717) is 31.1 Å². The summed E-state index contributed by atoms with van der Waals surface area (Å²) >= 11 is 0.